The van der Waals surface area contributed by atoms with Gasteiger partial charge < -0.3 is 9.84 Å². The molecule has 0 aliphatic heterocycles. The van der Waals surface area contributed by atoms with Crippen LogP contribution in [0.1, 0.15) is 41.1 Å². The third-order valence-corrected chi connectivity index (χ3v) is 3.34. The highest BCUT2D eigenvalue weighted by atomic mass is 16.5. The van der Waals surface area contributed by atoms with Crippen molar-refractivity contribution in [1.82, 2.24) is 10.5 Å². The number of hydrogen-bond donors (Lipinski definition) is 1. The molecule has 1 heterocycles. The summed E-state index contributed by atoms with van der Waals surface area (Å²) in [6, 6.07) is 8.94. The molecular weight excluding hydrogens is 224 g/mol. The highest BCUT2D eigenvalue weighted by Gasteiger charge is 2.10. The van der Waals surface area contributed by atoms with Crippen molar-refractivity contribution in [3.8, 4) is 0 Å². The van der Waals surface area contributed by atoms with E-state index in [0.29, 0.717) is 6.04 Å². The summed E-state index contributed by atoms with van der Waals surface area (Å²) in [6.45, 7) is 8.99. The third-order valence-electron chi connectivity index (χ3n) is 3.34. The van der Waals surface area contributed by atoms with Crippen LogP contribution < -0.4 is 5.32 Å². The molecule has 1 atom stereocenters. The highest BCUT2D eigenvalue weighted by Crippen LogP contribution is 2.16. The molecule has 0 saturated heterocycles. The maximum atomic E-state index is 5.16. The first kappa shape index (κ1) is 12.8. The molecule has 0 saturated carbocycles. The molecule has 1 N–H and O–H groups in total. The number of rotatable bonds is 4. The lowest BCUT2D eigenvalue weighted by Crippen LogP contribution is -2.18. The van der Waals surface area contributed by atoms with Crippen LogP contribution in [0.2, 0.25) is 0 Å². The van der Waals surface area contributed by atoms with Gasteiger partial charge in [-0.3, -0.25) is 0 Å². The zero-order chi connectivity index (χ0) is 13.1. The van der Waals surface area contributed by atoms with Crippen LogP contribution in [-0.4, -0.2) is 5.16 Å². The average molecular weight is 244 g/mol. The minimum Gasteiger partial charge on any atom is -0.361 e. The van der Waals surface area contributed by atoms with Gasteiger partial charge in [-0.15, -0.1) is 0 Å². The summed E-state index contributed by atoms with van der Waals surface area (Å²) in [7, 11) is 0. The summed E-state index contributed by atoms with van der Waals surface area (Å²) < 4.78 is 5.16. The molecule has 0 amide bonds. The van der Waals surface area contributed by atoms with E-state index in [-0.39, 0.29) is 0 Å². The SMILES string of the molecule is Cc1ccc([C@@H](C)NCc2c(C)noc2C)cc1. The van der Waals surface area contributed by atoms with Crippen LogP contribution in [0.4, 0.5) is 0 Å². The summed E-state index contributed by atoms with van der Waals surface area (Å²) >= 11 is 0. The van der Waals surface area contributed by atoms with Crippen LogP contribution in [0.3, 0.4) is 0 Å². The van der Waals surface area contributed by atoms with Crippen molar-refractivity contribution in [3.05, 3.63) is 52.4 Å². The summed E-state index contributed by atoms with van der Waals surface area (Å²) in [6.07, 6.45) is 0. The predicted octanol–water partition coefficient (Wildman–Crippen LogP) is 3.45. The second kappa shape index (κ2) is 5.36. The maximum Gasteiger partial charge on any atom is 0.138 e. The van der Waals surface area contributed by atoms with Crippen molar-refractivity contribution >= 4 is 0 Å². The molecule has 0 unspecified atom stereocenters. The largest absolute Gasteiger partial charge is 0.361 e. The number of nitrogens with one attached hydrogen (secondary N) is 1. The molecule has 3 heteroatoms. The smallest absolute Gasteiger partial charge is 0.138 e. The number of benzene rings is 1. The Bertz CT molecular complexity index is 494. The minimum absolute atomic E-state index is 0.319. The Morgan fingerprint density at radius 1 is 1.17 bits per heavy atom. The number of aromatic nitrogens is 1. The lowest BCUT2D eigenvalue weighted by molar-refractivity contribution is 0.391. The van der Waals surface area contributed by atoms with Crippen LogP contribution >= 0.6 is 0 Å². The fourth-order valence-corrected chi connectivity index (χ4v) is 1.98. The van der Waals surface area contributed by atoms with Crippen LogP contribution in [0.15, 0.2) is 28.8 Å². The van der Waals surface area contributed by atoms with Crippen LogP contribution in [-0.2, 0) is 6.54 Å². The third kappa shape index (κ3) is 2.79. The van der Waals surface area contributed by atoms with Gasteiger partial charge in [-0.25, -0.2) is 0 Å². The van der Waals surface area contributed by atoms with E-state index in [4.69, 9.17) is 4.52 Å². The monoisotopic (exact) mass is 244 g/mol. The zero-order valence-electron chi connectivity index (χ0n) is 11.4. The second-order valence-corrected chi connectivity index (χ2v) is 4.82. The lowest BCUT2D eigenvalue weighted by atomic mass is 10.1. The second-order valence-electron chi connectivity index (χ2n) is 4.82. The van der Waals surface area contributed by atoms with Gasteiger partial charge in [0, 0.05) is 18.2 Å². The Morgan fingerprint density at radius 2 is 1.83 bits per heavy atom. The van der Waals surface area contributed by atoms with Gasteiger partial charge >= 0.3 is 0 Å². The van der Waals surface area contributed by atoms with Gasteiger partial charge in [0.25, 0.3) is 0 Å². The van der Waals surface area contributed by atoms with E-state index in [1.165, 1.54) is 11.1 Å². The Balaban J connectivity index is 2.00. The maximum absolute atomic E-state index is 5.16. The van der Waals surface area contributed by atoms with Gasteiger partial charge in [-0.2, -0.15) is 0 Å². The first-order chi connectivity index (χ1) is 8.58. The molecule has 0 aliphatic carbocycles. The van der Waals surface area contributed by atoms with Crippen LogP contribution in [0.25, 0.3) is 0 Å². The van der Waals surface area contributed by atoms with E-state index in [0.717, 1.165) is 23.6 Å². The summed E-state index contributed by atoms with van der Waals surface area (Å²) in [4.78, 5) is 0. The average Bonchev–Trinajstić information content (AvgIpc) is 2.67. The van der Waals surface area contributed by atoms with Crippen molar-refractivity contribution in [3.63, 3.8) is 0 Å². The topological polar surface area (TPSA) is 38.1 Å². The van der Waals surface area contributed by atoms with E-state index in [9.17, 15) is 0 Å². The minimum atomic E-state index is 0.319. The zero-order valence-corrected chi connectivity index (χ0v) is 11.4. The van der Waals surface area contributed by atoms with E-state index in [1.807, 2.05) is 13.8 Å². The Morgan fingerprint density at radius 3 is 2.39 bits per heavy atom. The molecule has 0 radical (unpaired) electrons. The fourth-order valence-electron chi connectivity index (χ4n) is 1.98. The fraction of sp³-hybridized carbons (Fsp3) is 0.400. The molecule has 2 rings (SSSR count). The van der Waals surface area contributed by atoms with Gasteiger partial charge in [0.1, 0.15) is 5.76 Å². The summed E-state index contributed by atoms with van der Waals surface area (Å²) in [5, 5.41) is 7.47. The number of aryl methyl sites for hydroxylation is 3. The lowest BCUT2D eigenvalue weighted by Gasteiger charge is -2.14. The van der Waals surface area contributed by atoms with Crippen molar-refractivity contribution in [1.29, 1.82) is 0 Å². The van der Waals surface area contributed by atoms with Crippen molar-refractivity contribution in [2.45, 2.75) is 40.3 Å². The quantitative estimate of drug-likeness (QED) is 0.895. The van der Waals surface area contributed by atoms with Crippen LogP contribution in [0.5, 0.6) is 0 Å². The van der Waals surface area contributed by atoms with Gasteiger partial charge in [0.15, 0.2) is 0 Å². The van der Waals surface area contributed by atoms with Gasteiger partial charge in [0.05, 0.1) is 5.69 Å². The summed E-state index contributed by atoms with van der Waals surface area (Å²) in [5.74, 6) is 0.899. The Labute approximate surface area is 108 Å². The predicted molar refractivity (Wildman–Crippen MR) is 72.4 cm³/mol. The Kier molecular flexibility index (Phi) is 3.82. The van der Waals surface area contributed by atoms with Gasteiger partial charge in [0.2, 0.25) is 0 Å². The molecule has 0 aliphatic rings. The van der Waals surface area contributed by atoms with E-state index in [2.05, 4.69) is 48.6 Å². The molecule has 0 spiro atoms. The van der Waals surface area contributed by atoms with Crippen molar-refractivity contribution in [2.24, 2.45) is 0 Å². The van der Waals surface area contributed by atoms with E-state index >= 15 is 0 Å². The first-order valence-corrected chi connectivity index (χ1v) is 6.29. The summed E-state index contributed by atoms with van der Waals surface area (Å²) in [5.41, 5.74) is 4.72. The number of hydrogen-bond acceptors (Lipinski definition) is 3. The molecule has 2 aromatic rings. The number of nitrogens with zero attached hydrogens (tertiary/aromatic N) is 1. The molecule has 1 aromatic carbocycles. The molecule has 18 heavy (non-hydrogen) atoms. The Hall–Kier alpha value is -1.61. The highest BCUT2D eigenvalue weighted by molar-refractivity contribution is 5.25. The van der Waals surface area contributed by atoms with Gasteiger partial charge in [-0.1, -0.05) is 35.0 Å². The van der Waals surface area contributed by atoms with E-state index in [1.54, 1.807) is 0 Å². The normalized spacial score (nSPS) is 12.7. The molecule has 96 valence electrons. The standard InChI is InChI=1S/C15H20N2O/c1-10-5-7-14(8-6-10)11(2)16-9-15-12(3)17-18-13(15)4/h5-8,11,16H,9H2,1-4H3/t11-/m1/s1. The van der Waals surface area contributed by atoms with Crippen molar-refractivity contribution < 1.29 is 4.52 Å². The molecule has 0 fully saturated rings. The van der Waals surface area contributed by atoms with E-state index < -0.39 is 0 Å². The molecule has 0 bridgehead atoms. The van der Waals surface area contributed by atoms with Gasteiger partial charge in [-0.05, 0) is 33.3 Å². The molecule has 1 aromatic heterocycles. The van der Waals surface area contributed by atoms with Crippen LogP contribution in [0, 0.1) is 20.8 Å². The molecule has 3 nitrogen and oxygen atoms in total. The molecular formula is C15H20N2O. The van der Waals surface area contributed by atoms with Crippen molar-refractivity contribution in [2.75, 3.05) is 0 Å². The first-order valence-electron chi connectivity index (χ1n) is 6.29.